The van der Waals surface area contributed by atoms with Crippen LogP contribution in [-0.2, 0) is 19.6 Å². The molecule has 0 heterocycles. The molecule has 1 aliphatic rings. The van der Waals surface area contributed by atoms with E-state index >= 15 is 0 Å². The van der Waals surface area contributed by atoms with Gasteiger partial charge in [0.1, 0.15) is 12.4 Å². The van der Waals surface area contributed by atoms with Crippen molar-refractivity contribution < 1.29 is 14.9 Å². The van der Waals surface area contributed by atoms with Crippen LogP contribution in [0.5, 0.6) is 5.75 Å². The number of ether oxygens (including phenoxy) is 1. The number of hydrogen-bond donors (Lipinski definition) is 3. The maximum atomic E-state index is 10.7. The molecule has 134 valence electrons. The monoisotopic (exact) mass is 341 g/mol. The fraction of sp³-hybridized carbons (Fsp3) is 0.429. The maximum absolute atomic E-state index is 10.7. The molecule has 0 aromatic heterocycles. The summed E-state index contributed by atoms with van der Waals surface area (Å²) in [6, 6.07) is 14.2. The molecule has 25 heavy (non-hydrogen) atoms. The van der Waals surface area contributed by atoms with Crippen LogP contribution < -0.4 is 10.1 Å². The number of rotatable bonds is 6. The number of nitrogens with one attached hydrogen (secondary N) is 1. The van der Waals surface area contributed by atoms with E-state index in [1.54, 1.807) is 0 Å². The third kappa shape index (κ3) is 4.03. The van der Waals surface area contributed by atoms with Crippen molar-refractivity contribution in [3.8, 4) is 5.75 Å². The van der Waals surface area contributed by atoms with Gasteiger partial charge < -0.3 is 20.3 Å². The molecule has 0 aliphatic heterocycles. The first-order valence-corrected chi connectivity index (χ1v) is 8.96. The van der Waals surface area contributed by atoms with Crippen molar-refractivity contribution in [3.05, 3.63) is 64.7 Å². The normalized spacial score (nSPS) is 19.7. The van der Waals surface area contributed by atoms with Gasteiger partial charge in [0.05, 0.1) is 12.7 Å². The smallest absolute Gasteiger partial charge is 0.125 e. The first-order chi connectivity index (χ1) is 12.1. The number of benzene rings is 2. The summed E-state index contributed by atoms with van der Waals surface area (Å²) in [4.78, 5) is 0. The highest BCUT2D eigenvalue weighted by molar-refractivity contribution is 5.47. The van der Waals surface area contributed by atoms with E-state index in [-0.39, 0.29) is 12.6 Å². The fourth-order valence-electron chi connectivity index (χ4n) is 3.58. The molecule has 0 fully saturated rings. The van der Waals surface area contributed by atoms with Gasteiger partial charge in [-0.25, -0.2) is 0 Å². The molecule has 2 aromatic carbocycles. The van der Waals surface area contributed by atoms with Crippen molar-refractivity contribution in [2.24, 2.45) is 0 Å². The van der Waals surface area contributed by atoms with Crippen LogP contribution in [0.1, 0.15) is 48.6 Å². The lowest BCUT2D eigenvalue weighted by atomic mass is 9.83. The molecule has 4 heteroatoms. The van der Waals surface area contributed by atoms with Gasteiger partial charge in [0.25, 0.3) is 0 Å². The highest BCUT2D eigenvalue weighted by Gasteiger charge is 2.30. The van der Waals surface area contributed by atoms with Gasteiger partial charge in [-0.05, 0) is 35.6 Å². The molecule has 0 bridgehead atoms. The van der Waals surface area contributed by atoms with Crippen LogP contribution in [0.2, 0.25) is 0 Å². The summed E-state index contributed by atoms with van der Waals surface area (Å²) in [5.74, 6) is 0.701. The molecule has 0 saturated heterocycles. The van der Waals surface area contributed by atoms with Crippen LogP contribution >= 0.6 is 0 Å². The van der Waals surface area contributed by atoms with E-state index in [1.165, 1.54) is 0 Å². The van der Waals surface area contributed by atoms with E-state index in [1.807, 2.05) is 42.5 Å². The minimum Gasteiger partial charge on any atom is -0.489 e. The number of hydrogen-bond acceptors (Lipinski definition) is 4. The second kappa shape index (κ2) is 8.00. The maximum Gasteiger partial charge on any atom is 0.125 e. The summed E-state index contributed by atoms with van der Waals surface area (Å²) in [7, 11) is 0. The average molecular weight is 341 g/mol. The van der Waals surface area contributed by atoms with Gasteiger partial charge in [0.2, 0.25) is 0 Å². The van der Waals surface area contributed by atoms with E-state index in [4.69, 9.17) is 4.74 Å². The van der Waals surface area contributed by atoms with E-state index in [2.05, 4.69) is 19.2 Å². The predicted molar refractivity (Wildman–Crippen MR) is 98.5 cm³/mol. The molecule has 0 saturated carbocycles. The Bertz CT molecular complexity index is 700. The topological polar surface area (TPSA) is 61.7 Å². The molecule has 0 radical (unpaired) electrons. The lowest BCUT2D eigenvalue weighted by molar-refractivity contribution is 0.109. The Morgan fingerprint density at radius 1 is 1.16 bits per heavy atom. The lowest BCUT2D eigenvalue weighted by Gasteiger charge is -2.33. The highest BCUT2D eigenvalue weighted by atomic mass is 16.5. The van der Waals surface area contributed by atoms with Crippen LogP contribution in [-0.4, -0.2) is 22.3 Å². The Labute approximate surface area is 149 Å². The zero-order valence-corrected chi connectivity index (χ0v) is 14.9. The third-order valence-corrected chi connectivity index (χ3v) is 4.77. The summed E-state index contributed by atoms with van der Waals surface area (Å²) in [6.45, 7) is 4.55. The van der Waals surface area contributed by atoms with Gasteiger partial charge in [-0.2, -0.15) is 0 Å². The summed E-state index contributed by atoms with van der Waals surface area (Å²) in [5, 5.41) is 24.0. The van der Waals surface area contributed by atoms with Gasteiger partial charge in [-0.3, -0.25) is 0 Å². The molecule has 2 aromatic rings. The van der Waals surface area contributed by atoms with E-state index in [9.17, 15) is 10.2 Å². The van der Waals surface area contributed by atoms with Gasteiger partial charge in [-0.15, -0.1) is 0 Å². The number of aliphatic hydroxyl groups is 2. The molecule has 3 rings (SSSR count). The zero-order chi connectivity index (χ0) is 17.8. The van der Waals surface area contributed by atoms with Gasteiger partial charge >= 0.3 is 0 Å². The predicted octanol–water partition coefficient (Wildman–Crippen LogP) is 3.10. The summed E-state index contributed by atoms with van der Waals surface area (Å²) in [5.41, 5.74) is 3.82. The minimum atomic E-state index is -0.556. The van der Waals surface area contributed by atoms with Crippen molar-refractivity contribution in [2.45, 2.75) is 58.1 Å². The molecule has 3 N–H and O–H groups in total. The Hall–Kier alpha value is -1.88. The first-order valence-electron chi connectivity index (χ1n) is 8.96. The molecular weight excluding hydrogens is 314 g/mol. The first kappa shape index (κ1) is 17.9. The second-order valence-electron chi connectivity index (χ2n) is 6.95. The van der Waals surface area contributed by atoms with E-state index < -0.39 is 6.10 Å². The Balaban J connectivity index is 1.81. The molecule has 1 aliphatic carbocycles. The summed E-state index contributed by atoms with van der Waals surface area (Å²) in [6.07, 6.45) is 1.12. The SMILES string of the molecule is CC(C)N[C@@H]1CCc2c(ccc(OCc3ccccc3)c2CO)[C@@H]1O. The molecule has 0 amide bonds. The third-order valence-electron chi connectivity index (χ3n) is 4.77. The molecule has 2 atom stereocenters. The van der Waals surface area contributed by atoms with E-state index in [0.717, 1.165) is 35.1 Å². The van der Waals surface area contributed by atoms with Crippen LogP contribution in [0, 0.1) is 0 Å². The summed E-state index contributed by atoms with van der Waals surface area (Å²) >= 11 is 0. The molecule has 0 unspecified atom stereocenters. The van der Waals surface area contributed by atoms with Crippen LogP contribution in [0.4, 0.5) is 0 Å². The quantitative estimate of drug-likeness (QED) is 0.755. The average Bonchev–Trinajstić information content (AvgIpc) is 2.62. The Kier molecular flexibility index (Phi) is 5.74. The zero-order valence-electron chi connectivity index (χ0n) is 14.9. The van der Waals surface area contributed by atoms with Crippen LogP contribution in [0.15, 0.2) is 42.5 Å². The Morgan fingerprint density at radius 3 is 2.60 bits per heavy atom. The second-order valence-corrected chi connectivity index (χ2v) is 6.95. The molecule has 4 nitrogen and oxygen atoms in total. The Morgan fingerprint density at radius 2 is 1.92 bits per heavy atom. The number of fused-ring (bicyclic) bond motifs is 1. The van der Waals surface area contributed by atoms with Crippen molar-refractivity contribution in [1.82, 2.24) is 5.32 Å². The van der Waals surface area contributed by atoms with Crippen molar-refractivity contribution in [1.29, 1.82) is 0 Å². The molecule has 0 spiro atoms. The standard InChI is InChI=1S/C21H27NO3/c1-14(2)22-19-10-8-16-17(21(19)24)9-11-20(18(16)12-23)25-13-15-6-4-3-5-7-15/h3-7,9,11,14,19,21-24H,8,10,12-13H2,1-2H3/t19-,21+/m1/s1. The fourth-order valence-corrected chi connectivity index (χ4v) is 3.58. The lowest BCUT2D eigenvalue weighted by Crippen LogP contribution is -2.42. The minimum absolute atomic E-state index is 0.0510. The van der Waals surface area contributed by atoms with Crippen LogP contribution in [0.3, 0.4) is 0 Å². The van der Waals surface area contributed by atoms with Crippen molar-refractivity contribution in [3.63, 3.8) is 0 Å². The van der Waals surface area contributed by atoms with E-state index in [0.29, 0.717) is 18.4 Å². The van der Waals surface area contributed by atoms with Crippen molar-refractivity contribution in [2.75, 3.05) is 0 Å². The van der Waals surface area contributed by atoms with Gasteiger partial charge in [-0.1, -0.05) is 50.2 Å². The number of aliphatic hydroxyl groups excluding tert-OH is 2. The van der Waals surface area contributed by atoms with Gasteiger partial charge in [0.15, 0.2) is 0 Å². The van der Waals surface area contributed by atoms with Crippen LogP contribution in [0.25, 0.3) is 0 Å². The van der Waals surface area contributed by atoms with Gasteiger partial charge in [0, 0.05) is 17.6 Å². The van der Waals surface area contributed by atoms with Crippen molar-refractivity contribution >= 4 is 0 Å². The molecular formula is C21H27NO3. The summed E-state index contributed by atoms with van der Waals surface area (Å²) < 4.78 is 5.95. The highest BCUT2D eigenvalue weighted by Crippen LogP contribution is 2.36. The largest absolute Gasteiger partial charge is 0.489 e.